The Morgan fingerprint density at radius 2 is 1.97 bits per heavy atom. The molecule has 4 heterocycles. The fraction of sp³-hybridized carbons (Fsp3) is 0.364. The van der Waals surface area contributed by atoms with Crippen LogP contribution in [0.4, 0.5) is 5.82 Å². The van der Waals surface area contributed by atoms with Gasteiger partial charge < -0.3 is 9.74 Å². The number of carbonyl (C=O) groups excluding carboxylic acids is 1. The molecule has 0 aromatic carbocycles. The van der Waals surface area contributed by atoms with E-state index in [4.69, 9.17) is 6.57 Å². The Labute approximate surface area is 179 Å². The average Bonchev–Trinajstić information content (AvgIpc) is 3.41. The van der Waals surface area contributed by atoms with Crippen LogP contribution in [-0.4, -0.2) is 47.6 Å². The van der Waals surface area contributed by atoms with Crippen molar-refractivity contribution in [3.63, 3.8) is 0 Å². The van der Waals surface area contributed by atoms with Crippen LogP contribution in [-0.2, 0) is 31.4 Å². The summed E-state index contributed by atoms with van der Waals surface area (Å²) in [5.41, 5.74) is 6.91. The Balaban J connectivity index is 1.72. The highest BCUT2D eigenvalue weighted by molar-refractivity contribution is 5.87. The van der Waals surface area contributed by atoms with Crippen LogP contribution in [0.15, 0.2) is 18.3 Å². The molecule has 156 valence electrons. The first kappa shape index (κ1) is 19.2. The van der Waals surface area contributed by atoms with Crippen LogP contribution in [0, 0.1) is 13.5 Å². The van der Waals surface area contributed by atoms with Crippen LogP contribution in [0.2, 0.25) is 0 Å². The van der Waals surface area contributed by atoms with Crippen LogP contribution >= 0.6 is 0 Å². The van der Waals surface area contributed by atoms with E-state index >= 15 is 0 Å². The van der Waals surface area contributed by atoms with Crippen LogP contribution in [0.3, 0.4) is 0 Å². The van der Waals surface area contributed by atoms with Crippen molar-refractivity contribution in [2.75, 3.05) is 7.05 Å². The third kappa shape index (κ3) is 3.11. The van der Waals surface area contributed by atoms with Crippen molar-refractivity contribution < 1.29 is 4.79 Å². The number of allylic oxidation sites excluding steroid dienone is 1. The summed E-state index contributed by atoms with van der Waals surface area (Å²) in [5, 5.41) is 18.1. The molecule has 0 radical (unpaired) electrons. The lowest BCUT2D eigenvalue weighted by atomic mass is 10.0. The largest absolute Gasteiger partial charge is 0.362 e. The van der Waals surface area contributed by atoms with Crippen molar-refractivity contribution in [3.8, 4) is 11.3 Å². The molecule has 1 aliphatic carbocycles. The van der Waals surface area contributed by atoms with E-state index in [2.05, 4.69) is 31.3 Å². The molecule has 0 unspecified atom stereocenters. The molecule has 0 atom stereocenters. The maximum atomic E-state index is 12.7. The van der Waals surface area contributed by atoms with Gasteiger partial charge in [0.15, 0.2) is 0 Å². The molecule has 31 heavy (non-hydrogen) atoms. The molecule has 1 aliphatic heterocycles. The van der Waals surface area contributed by atoms with Crippen molar-refractivity contribution in [3.05, 3.63) is 58.0 Å². The number of rotatable bonds is 0. The molecule has 5 rings (SSSR count). The summed E-state index contributed by atoms with van der Waals surface area (Å²) in [7, 11) is 3.51. The summed E-state index contributed by atoms with van der Waals surface area (Å²) >= 11 is 0. The average molecular weight is 414 g/mol. The third-order valence-electron chi connectivity index (χ3n) is 5.94. The Morgan fingerprint density at radius 3 is 2.77 bits per heavy atom. The predicted octanol–water partition coefficient (Wildman–Crippen LogP) is 2.67. The van der Waals surface area contributed by atoms with Gasteiger partial charge in [-0.3, -0.25) is 9.48 Å². The van der Waals surface area contributed by atoms with Gasteiger partial charge in [0.2, 0.25) is 5.91 Å². The van der Waals surface area contributed by atoms with Gasteiger partial charge in [-0.2, -0.15) is 15.3 Å². The molecule has 0 N–H and O–H groups in total. The fourth-order valence-corrected chi connectivity index (χ4v) is 4.35. The second kappa shape index (κ2) is 7.16. The van der Waals surface area contributed by atoms with Crippen molar-refractivity contribution in [1.82, 2.24) is 34.7 Å². The molecule has 3 aromatic heterocycles. The molecule has 1 amide bonds. The highest BCUT2D eigenvalue weighted by atomic mass is 16.2. The van der Waals surface area contributed by atoms with Gasteiger partial charge in [0.25, 0.3) is 5.82 Å². The first-order valence-electron chi connectivity index (χ1n) is 10.3. The molecule has 0 fully saturated rings. The van der Waals surface area contributed by atoms with Crippen molar-refractivity contribution in [2.24, 2.45) is 7.05 Å². The monoisotopic (exact) mass is 414 g/mol. The zero-order valence-corrected chi connectivity index (χ0v) is 17.8. The maximum Gasteiger partial charge on any atom is 0.261 e. The van der Waals surface area contributed by atoms with Gasteiger partial charge in [-0.1, -0.05) is 12.6 Å². The van der Waals surface area contributed by atoms with Gasteiger partial charge in [0, 0.05) is 43.8 Å². The highest BCUT2D eigenvalue weighted by Gasteiger charge is 2.27. The minimum Gasteiger partial charge on any atom is -0.362 e. The molecule has 3 aromatic rings. The summed E-state index contributed by atoms with van der Waals surface area (Å²) in [5.74, 6) is 0.422. The van der Waals surface area contributed by atoms with E-state index in [-0.39, 0.29) is 5.91 Å². The first-order chi connectivity index (χ1) is 15.0. The quantitative estimate of drug-likeness (QED) is 0.528. The first-order valence-corrected chi connectivity index (χ1v) is 10.3. The van der Waals surface area contributed by atoms with E-state index in [1.165, 1.54) is 0 Å². The van der Waals surface area contributed by atoms with E-state index in [9.17, 15) is 4.79 Å². The molecular weight excluding hydrogens is 392 g/mol. The van der Waals surface area contributed by atoms with E-state index in [0.717, 1.165) is 34.5 Å². The maximum absolute atomic E-state index is 12.7. The van der Waals surface area contributed by atoms with Gasteiger partial charge in [-0.25, -0.2) is 4.68 Å². The topological polar surface area (TPSA) is 86.1 Å². The smallest absolute Gasteiger partial charge is 0.261 e. The minimum absolute atomic E-state index is 0.0313. The predicted molar refractivity (Wildman–Crippen MR) is 114 cm³/mol. The number of fused-ring (bicyclic) bond motifs is 6. The van der Waals surface area contributed by atoms with Gasteiger partial charge >= 0.3 is 0 Å². The second-order valence-corrected chi connectivity index (χ2v) is 8.04. The molecular formula is C22H22N8O. The summed E-state index contributed by atoms with van der Waals surface area (Å²) in [6, 6.07) is 1.99. The minimum atomic E-state index is 0.0313. The Bertz CT molecular complexity index is 1290. The zero-order chi connectivity index (χ0) is 21.7. The normalized spacial score (nSPS) is 15.7. The fourth-order valence-electron chi connectivity index (χ4n) is 4.35. The molecule has 9 nitrogen and oxygen atoms in total. The van der Waals surface area contributed by atoms with E-state index in [1.54, 1.807) is 23.7 Å². The van der Waals surface area contributed by atoms with Crippen LogP contribution < -0.4 is 0 Å². The summed E-state index contributed by atoms with van der Waals surface area (Å²) in [4.78, 5) is 18.0. The zero-order valence-electron chi connectivity index (χ0n) is 17.8. The van der Waals surface area contributed by atoms with Gasteiger partial charge in [0.1, 0.15) is 5.69 Å². The number of nitrogens with zero attached hydrogens (tertiary/aromatic N) is 8. The van der Waals surface area contributed by atoms with Gasteiger partial charge in [0.05, 0.1) is 36.2 Å². The van der Waals surface area contributed by atoms with Crippen molar-refractivity contribution in [2.45, 2.75) is 39.3 Å². The molecule has 2 aliphatic rings. The Hall–Kier alpha value is -3.80. The SMILES string of the molecule is [C-]#[N+]c1c2c(nn1C)CN(C)C(=O)CCCn1cc(c(C)n1)C1=CCc3nnc-2cc31. The van der Waals surface area contributed by atoms with Gasteiger partial charge in [-0.05, 0) is 25.0 Å². The molecule has 0 spiro atoms. The standard InChI is InChI=1S/C22H22N8O/c1-13-16-11-30(26-13)9-5-6-20(31)28(3)12-19-21(22(23-2)29(4)27-19)18-10-15-14(16)7-8-17(15)24-25-18/h7,10-11H,5-6,8-9,12H2,1,3-4H3. The lowest BCUT2D eigenvalue weighted by Crippen LogP contribution is -2.26. The molecule has 0 saturated heterocycles. The lowest BCUT2D eigenvalue weighted by Gasteiger charge is -2.16. The number of amides is 1. The summed E-state index contributed by atoms with van der Waals surface area (Å²) in [6.45, 7) is 10.7. The van der Waals surface area contributed by atoms with E-state index in [1.807, 2.05) is 23.9 Å². The number of aryl methyl sites for hydroxylation is 3. The number of carbonyl (C=O) groups is 1. The Morgan fingerprint density at radius 1 is 1.13 bits per heavy atom. The van der Waals surface area contributed by atoms with Crippen LogP contribution in [0.1, 0.15) is 41.1 Å². The van der Waals surface area contributed by atoms with Crippen molar-refractivity contribution >= 4 is 17.3 Å². The van der Waals surface area contributed by atoms with Crippen LogP contribution in [0.5, 0.6) is 0 Å². The molecule has 4 bridgehead atoms. The van der Waals surface area contributed by atoms with E-state index < -0.39 is 0 Å². The highest BCUT2D eigenvalue weighted by Crippen LogP contribution is 2.38. The number of hydrogen-bond donors (Lipinski definition) is 0. The molecule has 0 saturated carbocycles. The third-order valence-corrected chi connectivity index (χ3v) is 5.94. The number of hydrogen-bond acceptors (Lipinski definition) is 5. The van der Waals surface area contributed by atoms with Crippen molar-refractivity contribution in [1.29, 1.82) is 0 Å². The molecule has 9 heteroatoms. The lowest BCUT2D eigenvalue weighted by molar-refractivity contribution is -0.130. The summed E-state index contributed by atoms with van der Waals surface area (Å²) in [6.07, 6.45) is 6.04. The summed E-state index contributed by atoms with van der Waals surface area (Å²) < 4.78 is 3.47. The van der Waals surface area contributed by atoms with E-state index in [0.29, 0.717) is 48.7 Å². The van der Waals surface area contributed by atoms with Crippen LogP contribution in [0.25, 0.3) is 21.7 Å². The Kier molecular flexibility index (Phi) is 4.43. The number of aromatic nitrogens is 6. The van der Waals surface area contributed by atoms with Gasteiger partial charge in [-0.15, -0.1) is 5.10 Å². The second-order valence-electron chi connectivity index (χ2n) is 8.04.